The molecule has 2 N–H and O–H groups in total. The summed E-state index contributed by atoms with van der Waals surface area (Å²) in [6, 6.07) is 3.16. The lowest BCUT2D eigenvalue weighted by molar-refractivity contribution is -0.137. The van der Waals surface area contributed by atoms with Crippen molar-refractivity contribution in [3.63, 3.8) is 0 Å². The first kappa shape index (κ1) is 21.3. The number of aliphatic carboxylic acids is 1. The van der Waals surface area contributed by atoms with Crippen LogP contribution >= 0.6 is 23.2 Å². The summed E-state index contributed by atoms with van der Waals surface area (Å²) in [6.45, 7) is 3.54. The van der Waals surface area contributed by atoms with Gasteiger partial charge in [-0.3, -0.25) is 14.4 Å². The van der Waals surface area contributed by atoms with E-state index < -0.39 is 12.5 Å². The van der Waals surface area contributed by atoms with Crippen molar-refractivity contribution in [2.45, 2.75) is 33.1 Å². The Morgan fingerprint density at radius 3 is 2.52 bits per heavy atom. The third-order valence-electron chi connectivity index (χ3n) is 3.61. The van der Waals surface area contributed by atoms with Gasteiger partial charge < -0.3 is 15.2 Å². The number of ether oxygens (including phenoxy) is 1. The molecule has 0 radical (unpaired) electrons. The third-order valence-corrected chi connectivity index (χ3v) is 4.48. The number of rotatable bonds is 10. The molecule has 1 rings (SSSR count). The zero-order valence-corrected chi connectivity index (χ0v) is 15.6. The normalized spacial score (nSPS) is 11.7. The van der Waals surface area contributed by atoms with Crippen LogP contribution in [0.1, 0.15) is 43.5 Å². The number of hydrogen-bond acceptors (Lipinski definition) is 4. The molecule has 25 heavy (non-hydrogen) atoms. The number of carbonyl (C=O) groups excluding carboxylic acids is 2. The highest BCUT2D eigenvalue weighted by molar-refractivity contribution is 6.44. The first-order valence-electron chi connectivity index (χ1n) is 7.91. The molecule has 0 aliphatic heterocycles. The molecule has 138 valence electrons. The highest BCUT2D eigenvalue weighted by Gasteiger charge is 2.20. The summed E-state index contributed by atoms with van der Waals surface area (Å²) in [4.78, 5) is 33.9. The van der Waals surface area contributed by atoms with Crippen molar-refractivity contribution in [2.24, 2.45) is 5.92 Å². The number of hydrogen-bond donors (Lipinski definition) is 2. The average Bonchev–Trinajstić information content (AvgIpc) is 2.59. The molecule has 0 aliphatic carbocycles. The lowest BCUT2D eigenvalue weighted by Gasteiger charge is -2.13. The fraction of sp³-hybridized carbons (Fsp3) is 0.471. The van der Waals surface area contributed by atoms with Crippen LogP contribution in [-0.4, -0.2) is 35.9 Å². The van der Waals surface area contributed by atoms with Crippen molar-refractivity contribution in [3.8, 4) is 5.75 Å². The Labute approximate surface area is 156 Å². The standard InChI is InChI=1S/C17H21Cl2NO5/c1-3-10(2)17(24)11-6-7-12(16(19)15(11)18)25-8-4-5-13(21)20-9-14(22)23/h6-7,10H,3-5,8-9H2,1-2H3,(H,20,21)(H,22,23). The molecule has 1 unspecified atom stereocenters. The van der Waals surface area contributed by atoms with Crippen LogP contribution in [0.2, 0.25) is 10.0 Å². The van der Waals surface area contributed by atoms with E-state index in [0.29, 0.717) is 24.2 Å². The average molecular weight is 390 g/mol. The van der Waals surface area contributed by atoms with E-state index in [0.717, 1.165) is 0 Å². The maximum Gasteiger partial charge on any atom is 0.322 e. The van der Waals surface area contributed by atoms with Gasteiger partial charge in [0.05, 0.1) is 11.6 Å². The summed E-state index contributed by atoms with van der Waals surface area (Å²) in [6.07, 6.45) is 1.21. The molecule has 1 aromatic carbocycles. The van der Waals surface area contributed by atoms with E-state index in [4.69, 9.17) is 33.0 Å². The van der Waals surface area contributed by atoms with E-state index in [2.05, 4.69) is 5.32 Å². The molecule has 0 saturated heterocycles. The maximum atomic E-state index is 12.2. The minimum atomic E-state index is -1.10. The van der Waals surface area contributed by atoms with Gasteiger partial charge in [0.1, 0.15) is 17.3 Å². The molecule has 0 fully saturated rings. The van der Waals surface area contributed by atoms with Crippen LogP contribution in [0.15, 0.2) is 12.1 Å². The van der Waals surface area contributed by atoms with Gasteiger partial charge in [-0.05, 0) is 25.0 Å². The fourth-order valence-corrected chi connectivity index (χ4v) is 2.43. The van der Waals surface area contributed by atoms with Crippen LogP contribution in [0.3, 0.4) is 0 Å². The van der Waals surface area contributed by atoms with E-state index in [1.807, 2.05) is 13.8 Å². The lowest BCUT2D eigenvalue weighted by Crippen LogP contribution is -2.29. The predicted molar refractivity (Wildman–Crippen MR) is 95.6 cm³/mol. The zero-order chi connectivity index (χ0) is 19.0. The van der Waals surface area contributed by atoms with E-state index in [-0.39, 0.29) is 40.7 Å². The zero-order valence-electron chi connectivity index (χ0n) is 14.1. The van der Waals surface area contributed by atoms with Crippen LogP contribution in [0.5, 0.6) is 5.75 Å². The van der Waals surface area contributed by atoms with Crippen LogP contribution in [-0.2, 0) is 9.59 Å². The molecule has 0 aromatic heterocycles. The second kappa shape index (κ2) is 10.3. The molecular weight excluding hydrogens is 369 g/mol. The molecule has 1 atom stereocenters. The number of carboxylic acids is 1. The number of benzene rings is 1. The number of Topliss-reactive ketones (excluding diaryl/α,β-unsaturated/α-hetero) is 1. The van der Waals surface area contributed by atoms with Gasteiger partial charge in [-0.25, -0.2) is 0 Å². The van der Waals surface area contributed by atoms with Crippen LogP contribution in [0.4, 0.5) is 0 Å². The minimum Gasteiger partial charge on any atom is -0.492 e. The van der Waals surface area contributed by atoms with Crippen molar-refractivity contribution in [2.75, 3.05) is 13.2 Å². The van der Waals surface area contributed by atoms with Gasteiger partial charge in [-0.15, -0.1) is 0 Å². The number of carboxylic acid groups (broad SMARTS) is 1. The molecule has 0 heterocycles. The summed E-state index contributed by atoms with van der Waals surface area (Å²) in [5.41, 5.74) is 0.362. The number of nitrogens with one attached hydrogen (secondary N) is 1. The van der Waals surface area contributed by atoms with Gasteiger partial charge in [0.2, 0.25) is 5.91 Å². The number of amides is 1. The summed E-state index contributed by atoms with van der Waals surface area (Å²) in [7, 11) is 0. The van der Waals surface area contributed by atoms with Gasteiger partial charge in [-0.2, -0.15) is 0 Å². The second-order valence-electron chi connectivity index (χ2n) is 5.54. The van der Waals surface area contributed by atoms with Gasteiger partial charge in [-0.1, -0.05) is 37.0 Å². The van der Waals surface area contributed by atoms with Gasteiger partial charge in [0.15, 0.2) is 5.78 Å². The van der Waals surface area contributed by atoms with Crippen molar-refractivity contribution in [1.29, 1.82) is 0 Å². The number of ketones is 1. The molecule has 0 spiro atoms. The summed E-state index contributed by atoms with van der Waals surface area (Å²) in [5.74, 6) is -1.36. The first-order chi connectivity index (χ1) is 11.8. The van der Waals surface area contributed by atoms with E-state index >= 15 is 0 Å². The Hall–Kier alpha value is -1.79. The molecule has 0 aliphatic rings. The summed E-state index contributed by atoms with van der Waals surface area (Å²) in [5, 5.41) is 11.0. The molecule has 1 aromatic rings. The van der Waals surface area contributed by atoms with E-state index in [1.165, 1.54) is 0 Å². The molecule has 8 heteroatoms. The van der Waals surface area contributed by atoms with Crippen molar-refractivity contribution in [1.82, 2.24) is 5.32 Å². The Morgan fingerprint density at radius 1 is 1.24 bits per heavy atom. The first-order valence-corrected chi connectivity index (χ1v) is 8.67. The summed E-state index contributed by atoms with van der Waals surface area (Å²) >= 11 is 12.3. The molecule has 0 saturated carbocycles. The van der Waals surface area contributed by atoms with E-state index in [9.17, 15) is 14.4 Å². The number of halogens is 2. The topological polar surface area (TPSA) is 92.7 Å². The highest BCUT2D eigenvalue weighted by atomic mass is 35.5. The Kier molecular flexibility index (Phi) is 8.72. The smallest absolute Gasteiger partial charge is 0.322 e. The van der Waals surface area contributed by atoms with E-state index in [1.54, 1.807) is 12.1 Å². The second-order valence-corrected chi connectivity index (χ2v) is 6.29. The van der Waals surface area contributed by atoms with Crippen LogP contribution in [0, 0.1) is 5.92 Å². The molecular formula is C17H21Cl2NO5. The maximum absolute atomic E-state index is 12.2. The lowest BCUT2D eigenvalue weighted by atomic mass is 9.97. The van der Waals surface area contributed by atoms with Crippen LogP contribution in [0.25, 0.3) is 0 Å². The molecule has 0 bridgehead atoms. The fourth-order valence-electron chi connectivity index (χ4n) is 1.96. The quantitative estimate of drug-likeness (QED) is 0.471. The Bertz CT molecular complexity index is 648. The van der Waals surface area contributed by atoms with Gasteiger partial charge in [0.25, 0.3) is 0 Å². The highest BCUT2D eigenvalue weighted by Crippen LogP contribution is 2.36. The molecule has 6 nitrogen and oxygen atoms in total. The van der Waals surface area contributed by atoms with Gasteiger partial charge in [0, 0.05) is 17.9 Å². The largest absolute Gasteiger partial charge is 0.492 e. The molecule has 1 amide bonds. The monoisotopic (exact) mass is 389 g/mol. The van der Waals surface area contributed by atoms with Crippen molar-refractivity contribution >= 4 is 40.9 Å². The van der Waals surface area contributed by atoms with Gasteiger partial charge >= 0.3 is 5.97 Å². The van der Waals surface area contributed by atoms with Crippen molar-refractivity contribution in [3.05, 3.63) is 27.7 Å². The third kappa shape index (κ3) is 6.55. The number of carbonyl (C=O) groups is 3. The van der Waals surface area contributed by atoms with Crippen molar-refractivity contribution < 1.29 is 24.2 Å². The predicted octanol–water partition coefficient (Wildman–Crippen LogP) is 3.58. The SMILES string of the molecule is CCC(C)C(=O)c1ccc(OCCCC(=O)NCC(=O)O)c(Cl)c1Cl. The Morgan fingerprint density at radius 2 is 1.92 bits per heavy atom. The summed E-state index contributed by atoms with van der Waals surface area (Å²) < 4.78 is 5.49. The minimum absolute atomic E-state index is 0.0731. The van der Waals surface area contributed by atoms with Crippen LogP contribution < -0.4 is 10.1 Å². The Balaban J connectivity index is 2.58.